The first-order valence-electron chi connectivity index (χ1n) is 9.85. The van der Waals surface area contributed by atoms with Gasteiger partial charge in [0.1, 0.15) is 11.6 Å². The Morgan fingerprint density at radius 1 is 1.24 bits per heavy atom. The molecule has 1 aliphatic carbocycles. The monoisotopic (exact) mass is 391 g/mol. The van der Waals surface area contributed by atoms with Crippen molar-refractivity contribution in [1.29, 1.82) is 0 Å². The third kappa shape index (κ3) is 3.24. The van der Waals surface area contributed by atoms with Gasteiger partial charge in [-0.25, -0.2) is 14.4 Å². The highest BCUT2D eigenvalue weighted by molar-refractivity contribution is 5.67. The zero-order valence-corrected chi connectivity index (χ0v) is 16.4. The average Bonchev–Trinajstić information content (AvgIpc) is 3.34. The van der Waals surface area contributed by atoms with Crippen LogP contribution in [0.25, 0.3) is 16.9 Å². The summed E-state index contributed by atoms with van der Waals surface area (Å²) in [6, 6.07) is 3.63. The first kappa shape index (κ1) is 17.8. The minimum atomic E-state index is -0.379. The number of halogens is 1. The lowest BCUT2D eigenvalue weighted by Gasteiger charge is -2.24. The molecule has 0 bridgehead atoms. The number of hydrogen-bond acceptors (Lipinski definition) is 5. The summed E-state index contributed by atoms with van der Waals surface area (Å²) in [6.45, 7) is 4.23. The Balaban J connectivity index is 1.58. The molecule has 0 saturated heterocycles. The maximum Gasteiger partial charge on any atom is 0.161 e. The number of fused-ring (bicyclic) bond motifs is 2. The van der Waals surface area contributed by atoms with E-state index in [2.05, 4.69) is 39.2 Å². The van der Waals surface area contributed by atoms with E-state index >= 15 is 0 Å². The first-order chi connectivity index (χ1) is 14.1. The van der Waals surface area contributed by atoms with Crippen LogP contribution in [0.15, 0.2) is 37.1 Å². The van der Waals surface area contributed by atoms with E-state index in [1.807, 2.05) is 16.8 Å². The van der Waals surface area contributed by atoms with E-state index in [-0.39, 0.29) is 17.8 Å². The van der Waals surface area contributed by atoms with Gasteiger partial charge in [-0.3, -0.25) is 4.98 Å². The second kappa shape index (κ2) is 6.95. The summed E-state index contributed by atoms with van der Waals surface area (Å²) in [6.07, 6.45) is 9.24. The van der Waals surface area contributed by atoms with Crippen molar-refractivity contribution < 1.29 is 4.39 Å². The molecule has 4 aromatic heterocycles. The summed E-state index contributed by atoms with van der Waals surface area (Å²) in [4.78, 5) is 16.4. The molecule has 0 aliphatic heterocycles. The number of imidazole rings is 1. The van der Waals surface area contributed by atoms with Gasteiger partial charge in [-0.15, -0.1) is 0 Å². The number of nitrogens with one attached hydrogen (secondary N) is 2. The molecular weight excluding hydrogens is 369 g/mol. The quantitative estimate of drug-likeness (QED) is 0.554. The van der Waals surface area contributed by atoms with Crippen LogP contribution < -0.4 is 5.32 Å². The van der Waals surface area contributed by atoms with Crippen LogP contribution in [-0.4, -0.2) is 35.6 Å². The molecule has 4 heterocycles. The number of aromatic nitrogens is 6. The van der Waals surface area contributed by atoms with Gasteiger partial charge >= 0.3 is 0 Å². The fraction of sp³-hybridized carbons (Fsp3) is 0.333. The summed E-state index contributed by atoms with van der Waals surface area (Å²) in [5, 5.41) is 8.20. The molecule has 0 spiro atoms. The van der Waals surface area contributed by atoms with E-state index in [1.165, 1.54) is 18.0 Å². The van der Waals surface area contributed by atoms with Crippen LogP contribution in [0.5, 0.6) is 0 Å². The number of H-pyrrole nitrogens is 1. The van der Waals surface area contributed by atoms with Gasteiger partial charge < -0.3 is 10.3 Å². The van der Waals surface area contributed by atoms with Crippen LogP contribution in [0.1, 0.15) is 43.1 Å². The van der Waals surface area contributed by atoms with Crippen molar-refractivity contribution in [3.05, 3.63) is 59.8 Å². The fourth-order valence-corrected chi connectivity index (χ4v) is 3.92. The molecule has 0 radical (unpaired) electrons. The van der Waals surface area contributed by atoms with Crippen LogP contribution in [0.3, 0.4) is 0 Å². The van der Waals surface area contributed by atoms with Gasteiger partial charge in [0.05, 0.1) is 30.1 Å². The van der Waals surface area contributed by atoms with Gasteiger partial charge in [0.15, 0.2) is 5.65 Å². The molecule has 0 saturated carbocycles. The molecule has 148 valence electrons. The van der Waals surface area contributed by atoms with Gasteiger partial charge in [0, 0.05) is 41.5 Å². The van der Waals surface area contributed by atoms with Crippen molar-refractivity contribution in [3.8, 4) is 11.3 Å². The zero-order chi connectivity index (χ0) is 20.0. The Bertz CT molecular complexity index is 1180. The number of hydrogen-bond donors (Lipinski definition) is 2. The van der Waals surface area contributed by atoms with Gasteiger partial charge in [0.2, 0.25) is 0 Å². The molecule has 4 aromatic rings. The van der Waals surface area contributed by atoms with Crippen LogP contribution in [-0.2, 0) is 12.8 Å². The molecule has 0 amide bonds. The smallest absolute Gasteiger partial charge is 0.161 e. The molecule has 8 heteroatoms. The van der Waals surface area contributed by atoms with Crippen molar-refractivity contribution in [2.24, 2.45) is 0 Å². The van der Waals surface area contributed by atoms with Crippen molar-refractivity contribution in [3.63, 3.8) is 0 Å². The van der Waals surface area contributed by atoms with Gasteiger partial charge in [-0.05, 0) is 24.8 Å². The minimum absolute atomic E-state index is 0.249. The molecule has 5 rings (SSSR count). The van der Waals surface area contributed by atoms with Gasteiger partial charge in [-0.2, -0.15) is 9.61 Å². The van der Waals surface area contributed by atoms with Crippen LogP contribution in [0, 0.1) is 5.82 Å². The summed E-state index contributed by atoms with van der Waals surface area (Å²) < 4.78 is 15.6. The Labute approximate surface area is 167 Å². The summed E-state index contributed by atoms with van der Waals surface area (Å²) in [7, 11) is 0. The molecule has 1 aliphatic rings. The van der Waals surface area contributed by atoms with Gasteiger partial charge in [-0.1, -0.05) is 13.8 Å². The number of rotatable bonds is 4. The Kier molecular flexibility index (Phi) is 4.26. The van der Waals surface area contributed by atoms with E-state index in [0.717, 1.165) is 42.0 Å². The third-order valence-corrected chi connectivity index (χ3v) is 5.46. The summed E-state index contributed by atoms with van der Waals surface area (Å²) >= 11 is 0. The molecule has 0 unspecified atom stereocenters. The van der Waals surface area contributed by atoms with E-state index in [9.17, 15) is 4.39 Å². The van der Waals surface area contributed by atoms with E-state index in [0.29, 0.717) is 11.3 Å². The Morgan fingerprint density at radius 2 is 2.14 bits per heavy atom. The Morgan fingerprint density at radius 3 is 2.97 bits per heavy atom. The van der Waals surface area contributed by atoms with Gasteiger partial charge in [0.25, 0.3) is 0 Å². The lowest BCUT2D eigenvalue weighted by Crippen LogP contribution is -2.28. The highest BCUT2D eigenvalue weighted by Crippen LogP contribution is 2.28. The normalized spacial score (nSPS) is 16.3. The predicted octanol–water partition coefficient (Wildman–Crippen LogP) is 3.75. The van der Waals surface area contributed by atoms with Crippen molar-refractivity contribution in [2.75, 3.05) is 5.32 Å². The molecule has 0 aromatic carbocycles. The molecule has 2 N–H and O–H groups in total. The number of anilines is 1. The molecule has 0 fully saturated rings. The van der Waals surface area contributed by atoms with Crippen LogP contribution >= 0.6 is 0 Å². The van der Waals surface area contributed by atoms with E-state index in [4.69, 9.17) is 4.98 Å². The third-order valence-electron chi connectivity index (χ3n) is 5.46. The predicted molar refractivity (Wildman–Crippen MR) is 108 cm³/mol. The highest BCUT2D eigenvalue weighted by atomic mass is 19.1. The maximum absolute atomic E-state index is 13.8. The van der Waals surface area contributed by atoms with E-state index < -0.39 is 0 Å². The average molecular weight is 391 g/mol. The second-order valence-corrected chi connectivity index (χ2v) is 7.82. The number of nitrogens with zero attached hydrogens (tertiary/aromatic N) is 5. The fourth-order valence-electron chi connectivity index (χ4n) is 3.92. The number of pyridine rings is 1. The Hall–Kier alpha value is -3.29. The molecule has 7 nitrogen and oxygen atoms in total. The molecule has 29 heavy (non-hydrogen) atoms. The summed E-state index contributed by atoms with van der Waals surface area (Å²) in [5.74, 6) is 0.737. The summed E-state index contributed by atoms with van der Waals surface area (Å²) in [5.41, 5.74) is 5.48. The van der Waals surface area contributed by atoms with Crippen LogP contribution in [0.4, 0.5) is 10.2 Å². The SMILES string of the molecule is CC(C)c1cnn2c(N[C@@H]3CCc4nc[nH]c4C3)cc(-c3cncc(F)c3)nc12. The van der Waals surface area contributed by atoms with Crippen molar-refractivity contribution in [1.82, 2.24) is 29.5 Å². The van der Waals surface area contributed by atoms with Crippen LogP contribution in [0.2, 0.25) is 0 Å². The van der Waals surface area contributed by atoms with Crippen molar-refractivity contribution in [2.45, 2.75) is 45.1 Å². The zero-order valence-electron chi connectivity index (χ0n) is 16.4. The standard InChI is InChI=1S/C21H22FN7/c1-12(2)16-10-26-29-20(27-15-3-4-17-19(6-15)25-11-24-17)7-18(28-21(16)29)13-5-14(22)9-23-8-13/h5,7-12,15,27H,3-4,6H2,1-2H3,(H,24,25)/t15-/m1/s1. The lowest BCUT2D eigenvalue weighted by molar-refractivity contribution is 0.593. The largest absolute Gasteiger partial charge is 0.367 e. The maximum atomic E-state index is 13.8. The second-order valence-electron chi connectivity index (χ2n) is 7.82. The highest BCUT2D eigenvalue weighted by Gasteiger charge is 2.22. The number of aryl methyl sites for hydroxylation is 1. The minimum Gasteiger partial charge on any atom is -0.367 e. The van der Waals surface area contributed by atoms with Crippen molar-refractivity contribution >= 4 is 11.5 Å². The number of aromatic amines is 1. The lowest BCUT2D eigenvalue weighted by atomic mass is 9.96. The molecule has 1 atom stereocenters. The molecular formula is C21H22FN7. The van der Waals surface area contributed by atoms with E-state index in [1.54, 1.807) is 12.5 Å². The first-order valence-corrected chi connectivity index (χ1v) is 9.85. The topological polar surface area (TPSA) is 83.8 Å².